The number of phenolic OH excluding ortho intramolecular Hbond substituents is 1. The molecule has 1 aromatic carbocycles. The predicted octanol–water partition coefficient (Wildman–Crippen LogP) is 2.29. The van der Waals surface area contributed by atoms with Crippen LogP contribution < -0.4 is 5.73 Å². The molecule has 0 bridgehead atoms. The van der Waals surface area contributed by atoms with Crippen LogP contribution in [0.2, 0.25) is 0 Å². The Bertz CT molecular complexity index is 342. The van der Waals surface area contributed by atoms with Crippen molar-refractivity contribution in [1.29, 1.82) is 0 Å². The van der Waals surface area contributed by atoms with Gasteiger partial charge in [0, 0.05) is 11.1 Å². The summed E-state index contributed by atoms with van der Waals surface area (Å²) in [7, 11) is 0. The summed E-state index contributed by atoms with van der Waals surface area (Å²) in [4.78, 5) is 0. The first-order valence-corrected chi connectivity index (χ1v) is 5.27. The molecule has 2 heteroatoms. The Hall–Kier alpha value is -1.02. The quantitative estimate of drug-likeness (QED) is 0.753. The third kappa shape index (κ3) is 1.40. The van der Waals surface area contributed by atoms with Gasteiger partial charge in [0.25, 0.3) is 0 Å². The molecule has 0 aliphatic heterocycles. The van der Waals surface area contributed by atoms with E-state index in [4.69, 9.17) is 5.73 Å². The van der Waals surface area contributed by atoms with Gasteiger partial charge in [-0.1, -0.05) is 19.1 Å². The molecular weight excluding hydrogens is 174 g/mol. The van der Waals surface area contributed by atoms with E-state index < -0.39 is 0 Å². The van der Waals surface area contributed by atoms with Crippen molar-refractivity contribution in [2.24, 2.45) is 5.73 Å². The fraction of sp³-hybridized carbons (Fsp3) is 0.500. The fourth-order valence-corrected chi connectivity index (χ4v) is 2.03. The number of aromatic hydroxyl groups is 1. The first-order chi connectivity index (χ1) is 6.65. The second-order valence-corrected chi connectivity index (χ2v) is 4.21. The number of phenols is 1. The van der Waals surface area contributed by atoms with Crippen LogP contribution in [0.4, 0.5) is 0 Å². The third-order valence-corrected chi connectivity index (χ3v) is 3.25. The SMILES string of the molecule is CCc1ccc(O)c(C2(N)CCC2)c1. The van der Waals surface area contributed by atoms with Gasteiger partial charge in [-0.3, -0.25) is 0 Å². The average Bonchev–Trinajstić information content (AvgIpc) is 2.15. The Morgan fingerprint density at radius 3 is 2.64 bits per heavy atom. The Morgan fingerprint density at radius 2 is 2.14 bits per heavy atom. The summed E-state index contributed by atoms with van der Waals surface area (Å²) in [5.41, 5.74) is 8.11. The summed E-state index contributed by atoms with van der Waals surface area (Å²) in [5, 5.41) is 9.75. The molecule has 0 unspecified atom stereocenters. The first kappa shape index (κ1) is 9.53. The molecule has 1 saturated carbocycles. The lowest BCUT2D eigenvalue weighted by Crippen LogP contribution is -2.43. The van der Waals surface area contributed by atoms with E-state index in [0.717, 1.165) is 24.8 Å². The van der Waals surface area contributed by atoms with Crippen LogP contribution in [-0.2, 0) is 12.0 Å². The van der Waals surface area contributed by atoms with E-state index in [1.807, 2.05) is 6.07 Å². The molecule has 0 atom stereocenters. The second kappa shape index (κ2) is 3.28. The molecule has 1 aliphatic carbocycles. The van der Waals surface area contributed by atoms with Crippen molar-refractivity contribution in [2.45, 2.75) is 38.1 Å². The summed E-state index contributed by atoms with van der Waals surface area (Å²) in [5.74, 6) is 0.351. The van der Waals surface area contributed by atoms with Crippen LogP contribution in [0.5, 0.6) is 5.75 Å². The fourth-order valence-electron chi connectivity index (χ4n) is 2.03. The highest BCUT2D eigenvalue weighted by Gasteiger charge is 2.36. The molecule has 14 heavy (non-hydrogen) atoms. The second-order valence-electron chi connectivity index (χ2n) is 4.21. The molecule has 0 heterocycles. The van der Waals surface area contributed by atoms with Crippen molar-refractivity contribution in [1.82, 2.24) is 0 Å². The number of nitrogens with two attached hydrogens (primary N) is 1. The minimum absolute atomic E-state index is 0.255. The lowest BCUT2D eigenvalue weighted by atomic mass is 9.72. The third-order valence-electron chi connectivity index (χ3n) is 3.25. The number of aryl methyl sites for hydroxylation is 1. The number of hydrogen-bond donors (Lipinski definition) is 2. The molecular formula is C12H17NO. The maximum atomic E-state index is 9.75. The van der Waals surface area contributed by atoms with E-state index in [2.05, 4.69) is 13.0 Å². The van der Waals surface area contributed by atoms with Crippen molar-refractivity contribution in [3.8, 4) is 5.75 Å². The van der Waals surface area contributed by atoms with E-state index in [-0.39, 0.29) is 5.54 Å². The van der Waals surface area contributed by atoms with Crippen LogP contribution in [0.3, 0.4) is 0 Å². The summed E-state index contributed by atoms with van der Waals surface area (Å²) < 4.78 is 0. The normalized spacial score (nSPS) is 19.0. The zero-order valence-electron chi connectivity index (χ0n) is 8.59. The van der Waals surface area contributed by atoms with Gasteiger partial charge in [-0.05, 0) is 37.3 Å². The molecule has 1 fully saturated rings. The van der Waals surface area contributed by atoms with Gasteiger partial charge < -0.3 is 10.8 Å². The highest BCUT2D eigenvalue weighted by atomic mass is 16.3. The maximum Gasteiger partial charge on any atom is 0.120 e. The predicted molar refractivity (Wildman–Crippen MR) is 57.2 cm³/mol. The van der Waals surface area contributed by atoms with Gasteiger partial charge >= 0.3 is 0 Å². The van der Waals surface area contributed by atoms with E-state index in [1.165, 1.54) is 12.0 Å². The van der Waals surface area contributed by atoms with Crippen LogP contribution in [0.1, 0.15) is 37.3 Å². The lowest BCUT2D eigenvalue weighted by Gasteiger charge is -2.39. The van der Waals surface area contributed by atoms with Crippen molar-refractivity contribution >= 4 is 0 Å². The first-order valence-electron chi connectivity index (χ1n) is 5.27. The minimum Gasteiger partial charge on any atom is -0.508 e. The summed E-state index contributed by atoms with van der Waals surface area (Å²) in [6, 6.07) is 5.77. The maximum absolute atomic E-state index is 9.75. The van der Waals surface area contributed by atoms with Crippen LogP contribution in [0, 0.1) is 0 Å². The topological polar surface area (TPSA) is 46.2 Å². The summed E-state index contributed by atoms with van der Waals surface area (Å²) in [6.45, 7) is 2.11. The van der Waals surface area contributed by atoms with E-state index in [0.29, 0.717) is 5.75 Å². The van der Waals surface area contributed by atoms with Crippen LogP contribution in [-0.4, -0.2) is 5.11 Å². The molecule has 1 aliphatic rings. The van der Waals surface area contributed by atoms with Gasteiger partial charge in [0.05, 0.1) is 0 Å². The highest BCUT2D eigenvalue weighted by molar-refractivity contribution is 5.42. The standard InChI is InChI=1S/C12H17NO/c1-2-9-4-5-11(14)10(8-9)12(13)6-3-7-12/h4-5,8,14H,2-3,6-7,13H2,1H3. The van der Waals surface area contributed by atoms with Gasteiger partial charge in [0.1, 0.15) is 5.75 Å². The zero-order valence-corrected chi connectivity index (χ0v) is 8.59. The van der Waals surface area contributed by atoms with Gasteiger partial charge in [-0.2, -0.15) is 0 Å². The van der Waals surface area contributed by atoms with Crippen LogP contribution in [0.15, 0.2) is 18.2 Å². The molecule has 0 saturated heterocycles. The molecule has 76 valence electrons. The number of rotatable bonds is 2. The van der Waals surface area contributed by atoms with Gasteiger partial charge in [-0.15, -0.1) is 0 Å². The zero-order chi connectivity index (χ0) is 10.2. The Morgan fingerprint density at radius 1 is 1.43 bits per heavy atom. The van der Waals surface area contributed by atoms with Gasteiger partial charge in [0.2, 0.25) is 0 Å². The molecule has 2 nitrogen and oxygen atoms in total. The Labute approximate surface area is 84.7 Å². The molecule has 3 N–H and O–H groups in total. The van der Waals surface area contributed by atoms with Gasteiger partial charge in [0.15, 0.2) is 0 Å². The van der Waals surface area contributed by atoms with E-state index in [1.54, 1.807) is 6.07 Å². The van der Waals surface area contributed by atoms with E-state index >= 15 is 0 Å². The van der Waals surface area contributed by atoms with Crippen molar-refractivity contribution in [3.63, 3.8) is 0 Å². The molecule has 0 radical (unpaired) electrons. The summed E-state index contributed by atoms with van der Waals surface area (Å²) in [6.07, 6.45) is 4.15. The number of hydrogen-bond acceptors (Lipinski definition) is 2. The minimum atomic E-state index is -0.255. The monoisotopic (exact) mass is 191 g/mol. The van der Waals surface area contributed by atoms with Gasteiger partial charge in [-0.25, -0.2) is 0 Å². The van der Waals surface area contributed by atoms with Crippen LogP contribution in [0.25, 0.3) is 0 Å². The molecule has 0 aromatic heterocycles. The van der Waals surface area contributed by atoms with E-state index in [9.17, 15) is 5.11 Å². The van der Waals surface area contributed by atoms with Crippen molar-refractivity contribution in [3.05, 3.63) is 29.3 Å². The molecule has 1 aromatic rings. The lowest BCUT2D eigenvalue weighted by molar-refractivity contribution is 0.245. The highest BCUT2D eigenvalue weighted by Crippen LogP contribution is 2.42. The Balaban J connectivity index is 2.40. The van der Waals surface area contributed by atoms with Crippen LogP contribution >= 0.6 is 0 Å². The van der Waals surface area contributed by atoms with Crippen molar-refractivity contribution in [2.75, 3.05) is 0 Å². The largest absolute Gasteiger partial charge is 0.508 e. The smallest absolute Gasteiger partial charge is 0.120 e. The molecule has 0 spiro atoms. The molecule has 2 rings (SSSR count). The average molecular weight is 191 g/mol. The van der Waals surface area contributed by atoms with Crippen molar-refractivity contribution < 1.29 is 5.11 Å². The molecule has 0 amide bonds. The Kier molecular flexibility index (Phi) is 2.23. The summed E-state index contributed by atoms with van der Waals surface area (Å²) >= 11 is 0. The number of benzene rings is 1.